The molecule has 0 unspecified atom stereocenters. The van der Waals surface area contributed by atoms with Gasteiger partial charge in [0, 0.05) is 5.56 Å². The van der Waals surface area contributed by atoms with Crippen molar-refractivity contribution in [1.82, 2.24) is 20.2 Å². The molecule has 86 valence electrons. The van der Waals surface area contributed by atoms with Crippen molar-refractivity contribution < 1.29 is 4.74 Å². The average Bonchev–Trinajstić information content (AvgIpc) is 2.79. The number of tetrazole rings is 1. The zero-order chi connectivity index (χ0) is 12.1. The third kappa shape index (κ3) is 2.39. The van der Waals surface area contributed by atoms with Crippen LogP contribution in [0.1, 0.15) is 6.92 Å². The van der Waals surface area contributed by atoms with Gasteiger partial charge in [-0.1, -0.05) is 0 Å². The smallest absolute Gasteiger partial charge is 0.183 e. The molecule has 0 N–H and O–H groups in total. The van der Waals surface area contributed by atoms with Crippen molar-refractivity contribution in [3.8, 4) is 23.2 Å². The molecular weight excluding hydrogens is 218 g/mol. The molecule has 1 heterocycles. The summed E-state index contributed by atoms with van der Waals surface area (Å²) in [6.07, 6.45) is 0. The lowest BCUT2D eigenvalue weighted by molar-refractivity contribution is 0.340. The van der Waals surface area contributed by atoms with E-state index in [2.05, 4.69) is 15.5 Å². The molecule has 0 aliphatic rings. The van der Waals surface area contributed by atoms with Gasteiger partial charge in [0.25, 0.3) is 0 Å². The minimum Gasteiger partial charge on any atom is -0.494 e. The maximum atomic E-state index is 8.64. The maximum Gasteiger partial charge on any atom is 0.183 e. The number of nitriles is 1. The topological polar surface area (TPSA) is 76.6 Å². The van der Waals surface area contributed by atoms with Gasteiger partial charge in [-0.3, -0.25) is 0 Å². The Kier molecular flexibility index (Phi) is 3.31. The van der Waals surface area contributed by atoms with E-state index in [4.69, 9.17) is 10.00 Å². The van der Waals surface area contributed by atoms with Crippen LogP contribution in [0.25, 0.3) is 11.4 Å². The van der Waals surface area contributed by atoms with Crippen LogP contribution < -0.4 is 4.74 Å². The average molecular weight is 229 g/mol. The van der Waals surface area contributed by atoms with Gasteiger partial charge in [-0.25, -0.2) is 4.68 Å². The summed E-state index contributed by atoms with van der Waals surface area (Å²) in [5.41, 5.74) is 0.855. The van der Waals surface area contributed by atoms with E-state index in [1.165, 1.54) is 4.68 Å². The predicted octanol–water partition coefficient (Wildman–Crippen LogP) is 1.26. The van der Waals surface area contributed by atoms with Crippen molar-refractivity contribution in [3.05, 3.63) is 24.3 Å². The number of ether oxygens (including phenoxy) is 1. The van der Waals surface area contributed by atoms with Crippen molar-refractivity contribution in [2.45, 2.75) is 13.5 Å². The van der Waals surface area contributed by atoms with Gasteiger partial charge in [0.2, 0.25) is 0 Å². The van der Waals surface area contributed by atoms with Crippen molar-refractivity contribution in [2.75, 3.05) is 6.61 Å². The normalized spacial score (nSPS) is 9.88. The summed E-state index contributed by atoms with van der Waals surface area (Å²) in [6, 6.07) is 9.44. The fourth-order valence-electron chi connectivity index (χ4n) is 1.45. The summed E-state index contributed by atoms with van der Waals surface area (Å²) in [5, 5.41) is 19.8. The molecule has 2 aromatic rings. The van der Waals surface area contributed by atoms with Gasteiger partial charge in [-0.15, -0.1) is 5.10 Å². The standard InChI is InChI=1S/C11H11N5O/c1-2-17-10-5-3-9(4-6-10)11-13-14-15-16(11)8-7-12/h3-6H,2,8H2,1H3. The van der Waals surface area contributed by atoms with Crippen molar-refractivity contribution in [3.63, 3.8) is 0 Å². The quantitative estimate of drug-likeness (QED) is 0.788. The van der Waals surface area contributed by atoms with E-state index in [9.17, 15) is 0 Å². The predicted molar refractivity (Wildman–Crippen MR) is 60.0 cm³/mol. The van der Waals surface area contributed by atoms with Crippen LogP contribution in [0.3, 0.4) is 0 Å². The molecule has 0 spiro atoms. The van der Waals surface area contributed by atoms with Gasteiger partial charge in [-0.2, -0.15) is 5.26 Å². The van der Waals surface area contributed by atoms with Crippen molar-refractivity contribution in [1.29, 1.82) is 5.26 Å². The first-order valence-electron chi connectivity index (χ1n) is 5.21. The summed E-state index contributed by atoms with van der Waals surface area (Å²) in [5.74, 6) is 1.38. The fourth-order valence-corrected chi connectivity index (χ4v) is 1.45. The summed E-state index contributed by atoms with van der Waals surface area (Å²) in [7, 11) is 0. The first kappa shape index (κ1) is 11.1. The van der Waals surface area contributed by atoms with Gasteiger partial charge in [-0.05, 0) is 41.6 Å². The Hall–Kier alpha value is -2.42. The minimum absolute atomic E-state index is 0.134. The Bertz CT molecular complexity index is 526. The van der Waals surface area contributed by atoms with Crippen LogP contribution in [-0.2, 0) is 6.54 Å². The second-order valence-corrected chi connectivity index (χ2v) is 3.28. The molecule has 0 amide bonds. The van der Waals surface area contributed by atoms with Crippen LogP contribution in [0.5, 0.6) is 5.75 Å². The highest BCUT2D eigenvalue weighted by molar-refractivity contribution is 5.55. The summed E-state index contributed by atoms with van der Waals surface area (Å²) in [4.78, 5) is 0. The van der Waals surface area contributed by atoms with Gasteiger partial charge >= 0.3 is 0 Å². The molecule has 0 saturated carbocycles. The Labute approximate surface area is 98.4 Å². The van der Waals surface area contributed by atoms with E-state index in [1.807, 2.05) is 37.3 Å². The third-order valence-electron chi connectivity index (χ3n) is 2.18. The van der Waals surface area contributed by atoms with Gasteiger partial charge in [0.1, 0.15) is 12.3 Å². The second kappa shape index (κ2) is 5.07. The van der Waals surface area contributed by atoms with E-state index < -0.39 is 0 Å². The summed E-state index contributed by atoms with van der Waals surface area (Å²) < 4.78 is 6.80. The number of aromatic nitrogens is 4. The van der Waals surface area contributed by atoms with Crippen LogP contribution in [0.4, 0.5) is 0 Å². The lowest BCUT2D eigenvalue weighted by Crippen LogP contribution is -2.01. The zero-order valence-electron chi connectivity index (χ0n) is 9.37. The minimum atomic E-state index is 0.134. The number of rotatable bonds is 4. The van der Waals surface area contributed by atoms with Crippen LogP contribution in [0, 0.1) is 11.3 Å². The molecule has 6 heteroatoms. The third-order valence-corrected chi connectivity index (χ3v) is 2.18. The van der Waals surface area contributed by atoms with E-state index in [1.54, 1.807) is 0 Å². The van der Waals surface area contributed by atoms with Crippen LogP contribution >= 0.6 is 0 Å². The zero-order valence-corrected chi connectivity index (χ0v) is 9.37. The molecule has 0 fully saturated rings. The van der Waals surface area contributed by atoms with Crippen LogP contribution in [0.15, 0.2) is 24.3 Å². The lowest BCUT2D eigenvalue weighted by atomic mass is 10.2. The molecule has 0 bridgehead atoms. The summed E-state index contributed by atoms with van der Waals surface area (Å²) in [6.45, 7) is 2.70. The van der Waals surface area contributed by atoms with Gasteiger partial charge in [0.05, 0.1) is 12.7 Å². The molecule has 0 saturated heterocycles. The summed E-state index contributed by atoms with van der Waals surface area (Å²) >= 11 is 0. The molecule has 0 atom stereocenters. The second-order valence-electron chi connectivity index (χ2n) is 3.28. The molecule has 1 aromatic heterocycles. The van der Waals surface area contributed by atoms with E-state index in [-0.39, 0.29) is 6.54 Å². The van der Waals surface area contributed by atoms with Crippen molar-refractivity contribution in [2.24, 2.45) is 0 Å². The highest BCUT2D eigenvalue weighted by Gasteiger charge is 2.08. The first-order valence-corrected chi connectivity index (χ1v) is 5.21. The lowest BCUT2D eigenvalue weighted by Gasteiger charge is -2.04. The van der Waals surface area contributed by atoms with Gasteiger partial charge in [0.15, 0.2) is 5.82 Å². The highest BCUT2D eigenvalue weighted by Crippen LogP contribution is 2.19. The number of benzene rings is 1. The van der Waals surface area contributed by atoms with E-state index in [0.717, 1.165) is 11.3 Å². The molecule has 1 aromatic carbocycles. The van der Waals surface area contributed by atoms with Gasteiger partial charge < -0.3 is 4.74 Å². The maximum absolute atomic E-state index is 8.64. The largest absolute Gasteiger partial charge is 0.494 e. The Morgan fingerprint density at radius 3 is 2.76 bits per heavy atom. The number of nitrogens with zero attached hydrogens (tertiary/aromatic N) is 5. The molecular formula is C11H11N5O. The monoisotopic (exact) mass is 229 g/mol. The Morgan fingerprint density at radius 2 is 2.12 bits per heavy atom. The highest BCUT2D eigenvalue weighted by atomic mass is 16.5. The van der Waals surface area contributed by atoms with E-state index in [0.29, 0.717) is 12.4 Å². The molecule has 0 radical (unpaired) electrons. The molecule has 6 nitrogen and oxygen atoms in total. The Morgan fingerprint density at radius 1 is 1.35 bits per heavy atom. The molecule has 17 heavy (non-hydrogen) atoms. The molecule has 0 aliphatic heterocycles. The fraction of sp³-hybridized carbons (Fsp3) is 0.273. The first-order chi connectivity index (χ1) is 8.35. The number of hydrogen-bond acceptors (Lipinski definition) is 5. The molecule has 2 rings (SSSR count). The van der Waals surface area contributed by atoms with Crippen LogP contribution in [0.2, 0.25) is 0 Å². The van der Waals surface area contributed by atoms with E-state index >= 15 is 0 Å². The Balaban J connectivity index is 2.27. The number of hydrogen-bond donors (Lipinski definition) is 0. The molecule has 0 aliphatic carbocycles. The van der Waals surface area contributed by atoms with Crippen molar-refractivity contribution >= 4 is 0 Å². The SMILES string of the molecule is CCOc1ccc(-c2nnnn2CC#N)cc1. The van der Waals surface area contributed by atoms with Crippen LogP contribution in [-0.4, -0.2) is 26.8 Å².